The summed E-state index contributed by atoms with van der Waals surface area (Å²) in [6, 6.07) is 10.4. The lowest BCUT2D eigenvalue weighted by atomic mass is 9.81. The molecule has 0 saturated heterocycles. The fraction of sp³-hybridized carbons (Fsp3) is 0.333. The second-order valence-electron chi connectivity index (χ2n) is 7.74. The normalized spacial score (nSPS) is 20.4. The Hall–Kier alpha value is -2.90. The van der Waals surface area contributed by atoms with Gasteiger partial charge >= 0.3 is 11.9 Å². The van der Waals surface area contributed by atoms with Crippen LogP contribution in [0.4, 0.5) is 0 Å². The van der Waals surface area contributed by atoms with Gasteiger partial charge in [-0.3, -0.25) is 0 Å². The van der Waals surface area contributed by atoms with Crippen LogP contribution < -0.4 is 10.6 Å². The maximum absolute atomic E-state index is 13.2. The summed E-state index contributed by atoms with van der Waals surface area (Å²) in [5.41, 5.74) is 5.68. The SMILES string of the molecule is COC(=O)C1=C(C)NC(C)=C(C(=O)OCCC2NCc3ccccc32)C1c1ccsc1. The fourth-order valence-electron chi connectivity index (χ4n) is 4.40. The van der Waals surface area contributed by atoms with Crippen LogP contribution in [0.3, 0.4) is 0 Å². The highest BCUT2D eigenvalue weighted by molar-refractivity contribution is 7.08. The molecule has 0 aliphatic carbocycles. The minimum Gasteiger partial charge on any atom is -0.466 e. The van der Waals surface area contributed by atoms with E-state index in [-0.39, 0.29) is 12.6 Å². The van der Waals surface area contributed by atoms with E-state index < -0.39 is 17.9 Å². The Morgan fingerprint density at radius 3 is 2.55 bits per heavy atom. The molecule has 2 aliphatic rings. The van der Waals surface area contributed by atoms with Crippen molar-refractivity contribution in [1.82, 2.24) is 10.6 Å². The van der Waals surface area contributed by atoms with E-state index in [0.29, 0.717) is 29.0 Å². The highest BCUT2D eigenvalue weighted by Gasteiger charge is 2.38. The van der Waals surface area contributed by atoms with Crippen LogP contribution in [0.1, 0.15) is 48.9 Å². The Labute approximate surface area is 185 Å². The Morgan fingerprint density at radius 2 is 1.84 bits per heavy atom. The molecule has 2 atom stereocenters. The average Bonchev–Trinajstić information content (AvgIpc) is 3.43. The van der Waals surface area contributed by atoms with Crippen molar-refractivity contribution in [3.05, 3.63) is 80.3 Å². The molecule has 1 aromatic carbocycles. The first-order valence-electron chi connectivity index (χ1n) is 10.3. The van der Waals surface area contributed by atoms with E-state index in [9.17, 15) is 9.59 Å². The number of hydrogen-bond acceptors (Lipinski definition) is 7. The molecule has 0 spiro atoms. The van der Waals surface area contributed by atoms with Gasteiger partial charge in [0, 0.05) is 30.4 Å². The summed E-state index contributed by atoms with van der Waals surface area (Å²) in [6.45, 7) is 4.77. The number of allylic oxidation sites excluding steroid dienone is 2. The zero-order chi connectivity index (χ0) is 22.0. The number of nitrogens with one attached hydrogen (secondary N) is 2. The first-order valence-corrected chi connectivity index (χ1v) is 11.2. The highest BCUT2D eigenvalue weighted by Crippen LogP contribution is 2.40. The maximum atomic E-state index is 13.2. The summed E-state index contributed by atoms with van der Waals surface area (Å²) in [5.74, 6) is -1.38. The van der Waals surface area contributed by atoms with Crippen molar-refractivity contribution < 1.29 is 19.1 Å². The summed E-state index contributed by atoms with van der Waals surface area (Å²) in [5, 5.41) is 10.5. The molecular weight excluding hydrogens is 412 g/mol. The summed E-state index contributed by atoms with van der Waals surface area (Å²) < 4.78 is 10.7. The van der Waals surface area contributed by atoms with Crippen molar-refractivity contribution in [3.8, 4) is 0 Å². The molecule has 2 aliphatic heterocycles. The topological polar surface area (TPSA) is 76.7 Å². The fourth-order valence-corrected chi connectivity index (χ4v) is 5.09. The third-order valence-corrected chi connectivity index (χ3v) is 6.57. The molecule has 4 rings (SSSR count). The third kappa shape index (κ3) is 4.16. The van der Waals surface area contributed by atoms with Crippen LogP contribution in [0.2, 0.25) is 0 Å². The van der Waals surface area contributed by atoms with Crippen molar-refractivity contribution in [3.63, 3.8) is 0 Å². The Morgan fingerprint density at radius 1 is 1.10 bits per heavy atom. The average molecular weight is 439 g/mol. The quantitative estimate of drug-likeness (QED) is 0.666. The summed E-state index contributed by atoms with van der Waals surface area (Å²) in [7, 11) is 1.35. The van der Waals surface area contributed by atoms with Crippen LogP contribution in [0, 0.1) is 0 Å². The number of esters is 2. The first kappa shape index (κ1) is 21.3. The first-order chi connectivity index (χ1) is 15.0. The number of hydrogen-bond donors (Lipinski definition) is 2. The molecule has 162 valence electrons. The molecule has 2 unspecified atom stereocenters. The number of rotatable bonds is 6. The van der Waals surface area contributed by atoms with Crippen molar-refractivity contribution in [2.75, 3.05) is 13.7 Å². The van der Waals surface area contributed by atoms with Crippen LogP contribution in [0.25, 0.3) is 0 Å². The molecule has 0 fully saturated rings. The second kappa shape index (κ2) is 9.08. The van der Waals surface area contributed by atoms with Gasteiger partial charge in [-0.1, -0.05) is 24.3 Å². The van der Waals surface area contributed by atoms with Crippen molar-refractivity contribution >= 4 is 23.3 Å². The van der Waals surface area contributed by atoms with Gasteiger partial charge in [0.1, 0.15) is 0 Å². The van der Waals surface area contributed by atoms with Gasteiger partial charge in [-0.15, -0.1) is 0 Å². The molecular formula is C24H26N2O4S. The molecule has 0 bridgehead atoms. The van der Waals surface area contributed by atoms with Crippen LogP contribution in [-0.2, 0) is 25.6 Å². The second-order valence-corrected chi connectivity index (χ2v) is 8.52. The number of carbonyl (C=O) groups excluding carboxylic acids is 2. The number of carbonyl (C=O) groups is 2. The Bertz CT molecular complexity index is 1060. The minimum atomic E-state index is -0.516. The van der Waals surface area contributed by atoms with Gasteiger partial charge in [-0.2, -0.15) is 11.3 Å². The van der Waals surface area contributed by atoms with E-state index in [0.717, 1.165) is 12.1 Å². The standard InChI is InChI=1S/C24H26N2O4S/c1-14-20(23(27)29-3)22(17-9-11-31-13-17)21(15(2)26-14)24(28)30-10-8-19-18-7-5-4-6-16(18)12-25-19/h4-7,9,11,13,19,22,25-26H,8,10,12H2,1-3H3. The summed E-state index contributed by atoms with van der Waals surface area (Å²) in [4.78, 5) is 25.7. The molecule has 7 heteroatoms. The molecule has 3 heterocycles. The molecule has 0 saturated carbocycles. The van der Waals surface area contributed by atoms with Crippen molar-refractivity contribution in [2.24, 2.45) is 0 Å². The van der Waals surface area contributed by atoms with E-state index in [1.165, 1.54) is 29.6 Å². The van der Waals surface area contributed by atoms with Crippen LogP contribution in [0.15, 0.2) is 63.6 Å². The zero-order valence-corrected chi connectivity index (χ0v) is 18.7. The number of dihydropyridines is 1. The lowest BCUT2D eigenvalue weighted by Gasteiger charge is -2.29. The van der Waals surface area contributed by atoms with Gasteiger partial charge in [-0.25, -0.2) is 9.59 Å². The van der Waals surface area contributed by atoms with Gasteiger partial charge in [0.2, 0.25) is 0 Å². The van der Waals surface area contributed by atoms with E-state index in [1.54, 1.807) is 0 Å². The van der Waals surface area contributed by atoms with Gasteiger partial charge in [0.05, 0.1) is 30.8 Å². The minimum absolute atomic E-state index is 0.170. The molecule has 31 heavy (non-hydrogen) atoms. The largest absolute Gasteiger partial charge is 0.466 e. The third-order valence-electron chi connectivity index (χ3n) is 5.87. The highest BCUT2D eigenvalue weighted by atomic mass is 32.1. The lowest BCUT2D eigenvalue weighted by Crippen LogP contribution is -2.32. The summed E-state index contributed by atoms with van der Waals surface area (Å²) in [6.07, 6.45) is 0.685. The molecule has 0 radical (unpaired) electrons. The van der Waals surface area contributed by atoms with Crippen LogP contribution in [0.5, 0.6) is 0 Å². The van der Waals surface area contributed by atoms with E-state index in [1.807, 2.05) is 42.8 Å². The molecule has 2 aromatic rings. The maximum Gasteiger partial charge on any atom is 0.336 e. The number of methoxy groups -OCH3 is 1. The number of benzene rings is 1. The van der Waals surface area contributed by atoms with E-state index in [2.05, 4.69) is 22.8 Å². The monoisotopic (exact) mass is 438 g/mol. The van der Waals surface area contributed by atoms with Gasteiger partial charge in [-0.05, 0) is 47.4 Å². The van der Waals surface area contributed by atoms with Crippen molar-refractivity contribution in [2.45, 2.75) is 38.8 Å². The van der Waals surface area contributed by atoms with E-state index >= 15 is 0 Å². The van der Waals surface area contributed by atoms with Crippen LogP contribution in [-0.4, -0.2) is 25.7 Å². The Kier molecular flexibility index (Phi) is 6.25. The number of ether oxygens (including phenoxy) is 2. The van der Waals surface area contributed by atoms with Crippen LogP contribution >= 0.6 is 11.3 Å². The molecule has 6 nitrogen and oxygen atoms in total. The van der Waals surface area contributed by atoms with Gasteiger partial charge < -0.3 is 20.1 Å². The van der Waals surface area contributed by atoms with E-state index in [4.69, 9.17) is 9.47 Å². The van der Waals surface area contributed by atoms with Gasteiger partial charge in [0.15, 0.2) is 0 Å². The predicted octanol–water partition coefficient (Wildman–Crippen LogP) is 3.93. The Balaban J connectivity index is 1.52. The number of fused-ring (bicyclic) bond motifs is 1. The van der Waals surface area contributed by atoms with Gasteiger partial charge in [0.25, 0.3) is 0 Å². The zero-order valence-electron chi connectivity index (χ0n) is 17.9. The smallest absolute Gasteiger partial charge is 0.336 e. The molecule has 1 aromatic heterocycles. The predicted molar refractivity (Wildman–Crippen MR) is 119 cm³/mol. The summed E-state index contributed by atoms with van der Waals surface area (Å²) >= 11 is 1.52. The molecule has 0 amide bonds. The molecule has 2 N–H and O–H groups in total. The number of thiophene rings is 1. The van der Waals surface area contributed by atoms with Crippen molar-refractivity contribution in [1.29, 1.82) is 0 Å². The lowest BCUT2D eigenvalue weighted by molar-refractivity contribution is -0.139.